The summed E-state index contributed by atoms with van der Waals surface area (Å²) in [4.78, 5) is 29.2. The average molecular weight is 469 g/mol. The number of carbonyl (C=O) groups is 2. The summed E-state index contributed by atoms with van der Waals surface area (Å²) in [6, 6.07) is 12.6. The molecule has 0 aliphatic heterocycles. The van der Waals surface area contributed by atoms with Crippen molar-refractivity contribution in [1.29, 1.82) is 0 Å². The fourth-order valence-electron chi connectivity index (χ4n) is 3.00. The summed E-state index contributed by atoms with van der Waals surface area (Å²) in [5.74, 6) is 0.486. The van der Waals surface area contributed by atoms with Crippen LogP contribution in [0.4, 0.5) is 5.69 Å². The van der Waals surface area contributed by atoms with Crippen molar-refractivity contribution >= 4 is 28.9 Å². The Balaban J connectivity index is 1.55. The van der Waals surface area contributed by atoms with Crippen molar-refractivity contribution in [2.24, 2.45) is 0 Å². The molecule has 1 amide bonds. The van der Waals surface area contributed by atoms with Crippen molar-refractivity contribution < 1.29 is 23.8 Å². The van der Waals surface area contributed by atoms with E-state index in [-0.39, 0.29) is 18.9 Å². The van der Waals surface area contributed by atoms with Crippen LogP contribution in [0.1, 0.15) is 46.9 Å². The van der Waals surface area contributed by atoms with Gasteiger partial charge in [0.05, 0.1) is 30.9 Å². The summed E-state index contributed by atoms with van der Waals surface area (Å²) in [7, 11) is 0. The van der Waals surface area contributed by atoms with Crippen molar-refractivity contribution in [3.8, 4) is 11.5 Å². The maximum Gasteiger partial charge on any atom is 0.338 e. The van der Waals surface area contributed by atoms with Gasteiger partial charge in [-0.15, -0.1) is 11.3 Å². The van der Waals surface area contributed by atoms with Crippen molar-refractivity contribution in [3.63, 3.8) is 0 Å². The molecule has 0 atom stereocenters. The third-order valence-corrected chi connectivity index (χ3v) is 5.52. The Labute approximate surface area is 197 Å². The number of thiazole rings is 1. The van der Waals surface area contributed by atoms with Crippen molar-refractivity contribution in [3.05, 3.63) is 69.7 Å². The maximum absolute atomic E-state index is 12.5. The number of anilines is 1. The van der Waals surface area contributed by atoms with Gasteiger partial charge in [-0.2, -0.15) is 0 Å². The van der Waals surface area contributed by atoms with Crippen molar-refractivity contribution in [2.45, 2.75) is 40.2 Å². The predicted molar refractivity (Wildman–Crippen MR) is 128 cm³/mol. The second-order valence-corrected chi connectivity index (χ2v) is 8.23. The van der Waals surface area contributed by atoms with E-state index in [2.05, 4.69) is 10.3 Å². The van der Waals surface area contributed by atoms with Gasteiger partial charge >= 0.3 is 5.97 Å². The van der Waals surface area contributed by atoms with Gasteiger partial charge in [0, 0.05) is 11.1 Å². The van der Waals surface area contributed by atoms with E-state index in [1.807, 2.05) is 45.0 Å². The number of carbonyl (C=O) groups excluding carboxylic acids is 2. The highest BCUT2D eigenvalue weighted by Gasteiger charge is 2.15. The molecule has 33 heavy (non-hydrogen) atoms. The van der Waals surface area contributed by atoms with Gasteiger partial charge in [-0.05, 0) is 50.1 Å². The van der Waals surface area contributed by atoms with Gasteiger partial charge in [-0.25, -0.2) is 9.78 Å². The standard InChI is InChI=1S/C25H28N2O5S/c1-4-12-31-21-11-10-18(13-22(21)30-5-2)25(29)32-15-19-16-33-24(26-19)14-23(28)27-20-9-7-6-8-17(20)3/h6-11,13,16H,4-5,12,14-15H2,1-3H3,(H,27,28). The van der Waals surface area contributed by atoms with Crippen LogP contribution in [0.2, 0.25) is 0 Å². The third kappa shape index (κ3) is 7.05. The number of hydrogen-bond donors (Lipinski definition) is 1. The number of nitrogens with one attached hydrogen (secondary N) is 1. The van der Waals surface area contributed by atoms with Crippen LogP contribution < -0.4 is 14.8 Å². The predicted octanol–water partition coefficient (Wildman–Crippen LogP) is 5.18. The van der Waals surface area contributed by atoms with E-state index in [9.17, 15) is 9.59 Å². The average Bonchev–Trinajstić information content (AvgIpc) is 3.25. The van der Waals surface area contributed by atoms with Crippen molar-refractivity contribution in [2.75, 3.05) is 18.5 Å². The fourth-order valence-corrected chi connectivity index (χ4v) is 3.78. The number of ether oxygens (including phenoxy) is 3. The summed E-state index contributed by atoms with van der Waals surface area (Å²) in [6.45, 7) is 6.88. The summed E-state index contributed by atoms with van der Waals surface area (Å²) in [5, 5.41) is 5.34. The van der Waals surface area contributed by atoms with Crippen LogP contribution in [0.3, 0.4) is 0 Å². The SMILES string of the molecule is CCCOc1ccc(C(=O)OCc2csc(CC(=O)Nc3ccccc3C)n2)cc1OCC. The van der Waals surface area contributed by atoms with Crippen LogP contribution >= 0.6 is 11.3 Å². The number of esters is 1. The summed E-state index contributed by atoms with van der Waals surface area (Å²) in [6.07, 6.45) is 1.03. The normalized spacial score (nSPS) is 10.5. The molecule has 0 bridgehead atoms. The molecule has 0 unspecified atom stereocenters. The summed E-state index contributed by atoms with van der Waals surface area (Å²) < 4.78 is 16.7. The van der Waals surface area contributed by atoms with Gasteiger partial charge in [0.25, 0.3) is 0 Å². The van der Waals surface area contributed by atoms with Crippen LogP contribution in [-0.4, -0.2) is 30.1 Å². The number of hydrogen-bond acceptors (Lipinski definition) is 7. The molecular weight excluding hydrogens is 440 g/mol. The van der Waals surface area contributed by atoms with E-state index < -0.39 is 5.97 Å². The number of benzene rings is 2. The molecule has 8 heteroatoms. The molecule has 3 aromatic rings. The molecule has 0 saturated carbocycles. The first-order valence-electron chi connectivity index (χ1n) is 10.9. The fraction of sp³-hybridized carbons (Fsp3) is 0.320. The quantitative estimate of drug-likeness (QED) is 0.390. The van der Waals surface area contributed by atoms with Crippen LogP contribution in [-0.2, 0) is 22.6 Å². The third-order valence-electron chi connectivity index (χ3n) is 4.62. The molecule has 0 fully saturated rings. The van der Waals surface area contributed by atoms with Crippen LogP contribution in [0.15, 0.2) is 47.8 Å². The first-order chi connectivity index (χ1) is 16.0. The Kier molecular flexibility index (Phi) is 8.83. The first kappa shape index (κ1) is 24.3. The summed E-state index contributed by atoms with van der Waals surface area (Å²) in [5.41, 5.74) is 2.75. The Morgan fingerprint density at radius 2 is 1.88 bits per heavy atom. The molecule has 0 aliphatic carbocycles. The number of amides is 1. The van der Waals surface area contributed by atoms with Gasteiger partial charge < -0.3 is 19.5 Å². The molecule has 174 valence electrons. The zero-order valence-corrected chi connectivity index (χ0v) is 19.9. The molecule has 1 aromatic heterocycles. The summed E-state index contributed by atoms with van der Waals surface area (Å²) >= 11 is 1.36. The molecule has 2 aromatic carbocycles. The first-order valence-corrected chi connectivity index (χ1v) is 11.7. The highest BCUT2D eigenvalue weighted by Crippen LogP contribution is 2.29. The lowest BCUT2D eigenvalue weighted by Crippen LogP contribution is -2.15. The zero-order chi connectivity index (χ0) is 23.6. The van der Waals surface area contributed by atoms with E-state index in [0.29, 0.717) is 41.0 Å². The van der Waals surface area contributed by atoms with Crippen LogP contribution in [0, 0.1) is 6.92 Å². The van der Waals surface area contributed by atoms with Crippen LogP contribution in [0.5, 0.6) is 11.5 Å². The molecule has 1 N–H and O–H groups in total. The number of para-hydroxylation sites is 1. The number of nitrogens with zero attached hydrogens (tertiary/aromatic N) is 1. The maximum atomic E-state index is 12.5. The lowest BCUT2D eigenvalue weighted by atomic mass is 10.2. The topological polar surface area (TPSA) is 86.8 Å². The van der Waals surface area contributed by atoms with Gasteiger partial charge in [0.2, 0.25) is 5.91 Å². The van der Waals surface area contributed by atoms with Crippen LogP contribution in [0.25, 0.3) is 0 Å². The molecule has 7 nitrogen and oxygen atoms in total. The second-order valence-electron chi connectivity index (χ2n) is 7.29. The highest BCUT2D eigenvalue weighted by molar-refractivity contribution is 7.09. The van der Waals surface area contributed by atoms with Gasteiger partial charge in [0.15, 0.2) is 11.5 Å². The second kappa shape index (κ2) is 12.0. The highest BCUT2D eigenvalue weighted by atomic mass is 32.1. The van der Waals surface area contributed by atoms with Gasteiger partial charge in [0.1, 0.15) is 11.6 Å². The molecule has 1 heterocycles. The number of aryl methyl sites for hydroxylation is 1. The Hall–Kier alpha value is -3.39. The Morgan fingerprint density at radius 3 is 2.64 bits per heavy atom. The zero-order valence-electron chi connectivity index (χ0n) is 19.1. The molecule has 0 aliphatic rings. The monoisotopic (exact) mass is 468 g/mol. The largest absolute Gasteiger partial charge is 0.490 e. The Bertz CT molecular complexity index is 1100. The van der Waals surface area contributed by atoms with E-state index in [4.69, 9.17) is 14.2 Å². The molecule has 0 radical (unpaired) electrons. The lowest BCUT2D eigenvalue weighted by molar-refractivity contribution is -0.115. The van der Waals surface area contributed by atoms with Gasteiger partial charge in [-0.1, -0.05) is 25.1 Å². The van der Waals surface area contributed by atoms with E-state index in [0.717, 1.165) is 17.7 Å². The van der Waals surface area contributed by atoms with E-state index in [1.54, 1.807) is 23.6 Å². The van der Waals surface area contributed by atoms with E-state index in [1.165, 1.54) is 11.3 Å². The minimum atomic E-state index is -0.482. The van der Waals surface area contributed by atoms with Gasteiger partial charge in [-0.3, -0.25) is 4.79 Å². The molecular formula is C25H28N2O5S. The Morgan fingerprint density at radius 1 is 1.06 bits per heavy atom. The number of aromatic nitrogens is 1. The molecule has 0 saturated heterocycles. The smallest absolute Gasteiger partial charge is 0.338 e. The minimum absolute atomic E-state index is 0.0206. The van der Waals surface area contributed by atoms with Crippen molar-refractivity contribution in [1.82, 2.24) is 4.98 Å². The number of rotatable bonds is 11. The minimum Gasteiger partial charge on any atom is -0.490 e. The van der Waals surface area contributed by atoms with E-state index >= 15 is 0 Å². The lowest BCUT2D eigenvalue weighted by Gasteiger charge is -2.12. The molecule has 3 rings (SSSR count). The molecule has 0 spiro atoms.